The topological polar surface area (TPSA) is 29.3 Å². The summed E-state index contributed by atoms with van der Waals surface area (Å²) in [7, 11) is 0. The third-order valence-electron chi connectivity index (χ3n) is 4.00. The van der Waals surface area contributed by atoms with E-state index in [9.17, 15) is 0 Å². The summed E-state index contributed by atoms with van der Waals surface area (Å²) < 4.78 is 0. The molecule has 0 radical (unpaired) electrons. The number of nitrogens with zero attached hydrogens (tertiary/aromatic N) is 1. The molecule has 1 aliphatic heterocycles. The van der Waals surface area contributed by atoms with E-state index in [2.05, 4.69) is 39.5 Å². The fourth-order valence-corrected chi connectivity index (χ4v) is 3.28. The fraction of sp³-hybridized carbons (Fsp3) is 1.00. The number of nitrogens with two attached hydrogens (primary N) is 1. The average Bonchev–Trinajstić information content (AvgIpc) is 2.50. The highest BCUT2D eigenvalue weighted by Crippen LogP contribution is 2.55. The molecule has 0 spiro atoms. The average molecular weight is 196 g/mol. The van der Waals surface area contributed by atoms with Gasteiger partial charge in [0.2, 0.25) is 0 Å². The minimum atomic E-state index is 0.154. The first kappa shape index (κ1) is 10.4. The lowest BCUT2D eigenvalue weighted by molar-refractivity contribution is 0.0684. The lowest BCUT2D eigenvalue weighted by Crippen LogP contribution is -2.54. The summed E-state index contributed by atoms with van der Waals surface area (Å²) >= 11 is 0. The van der Waals surface area contributed by atoms with Crippen LogP contribution in [-0.2, 0) is 0 Å². The SMILES string of the molecule is CC(C)C1N(C(C)(C)C)CC2C[C@@]21N. The van der Waals surface area contributed by atoms with Crippen LogP contribution in [0, 0.1) is 11.8 Å². The Kier molecular flexibility index (Phi) is 2.04. The second-order valence-electron chi connectivity index (χ2n) is 6.53. The van der Waals surface area contributed by atoms with E-state index in [4.69, 9.17) is 5.73 Å². The van der Waals surface area contributed by atoms with E-state index < -0.39 is 0 Å². The zero-order valence-corrected chi connectivity index (χ0v) is 10.2. The van der Waals surface area contributed by atoms with E-state index in [0.29, 0.717) is 12.0 Å². The maximum absolute atomic E-state index is 6.44. The Balaban J connectivity index is 2.22. The van der Waals surface area contributed by atoms with Gasteiger partial charge in [-0.15, -0.1) is 0 Å². The molecule has 0 amide bonds. The van der Waals surface area contributed by atoms with Gasteiger partial charge in [0.1, 0.15) is 0 Å². The Morgan fingerprint density at radius 3 is 2.29 bits per heavy atom. The number of hydrogen-bond acceptors (Lipinski definition) is 2. The van der Waals surface area contributed by atoms with Crippen molar-refractivity contribution in [3.8, 4) is 0 Å². The molecule has 2 unspecified atom stereocenters. The number of piperidine rings is 1. The van der Waals surface area contributed by atoms with Crippen LogP contribution < -0.4 is 5.73 Å². The van der Waals surface area contributed by atoms with Crippen LogP contribution in [0.15, 0.2) is 0 Å². The lowest BCUT2D eigenvalue weighted by Gasteiger charge is -2.42. The van der Waals surface area contributed by atoms with Crippen molar-refractivity contribution in [1.82, 2.24) is 4.90 Å². The summed E-state index contributed by atoms with van der Waals surface area (Å²) in [6.07, 6.45) is 1.25. The second kappa shape index (κ2) is 2.73. The highest BCUT2D eigenvalue weighted by molar-refractivity contribution is 5.23. The molecule has 14 heavy (non-hydrogen) atoms. The maximum Gasteiger partial charge on any atom is 0.0360 e. The number of fused-ring (bicyclic) bond motifs is 1. The molecule has 2 rings (SSSR count). The summed E-state index contributed by atoms with van der Waals surface area (Å²) in [5, 5.41) is 0. The highest BCUT2D eigenvalue weighted by atomic mass is 15.3. The predicted octanol–water partition coefficient (Wildman–Crippen LogP) is 1.84. The van der Waals surface area contributed by atoms with E-state index >= 15 is 0 Å². The molecule has 1 saturated heterocycles. The molecule has 82 valence electrons. The Labute approximate surface area is 87.8 Å². The molecule has 2 N–H and O–H groups in total. The predicted molar refractivity (Wildman–Crippen MR) is 60.1 cm³/mol. The number of likely N-dealkylation sites (tertiary alicyclic amines) is 1. The minimum absolute atomic E-state index is 0.154. The molecule has 0 bridgehead atoms. The minimum Gasteiger partial charge on any atom is -0.323 e. The number of hydrogen-bond donors (Lipinski definition) is 1. The van der Waals surface area contributed by atoms with E-state index in [1.54, 1.807) is 0 Å². The summed E-state index contributed by atoms with van der Waals surface area (Å²) in [5.41, 5.74) is 6.87. The quantitative estimate of drug-likeness (QED) is 0.693. The van der Waals surface area contributed by atoms with Gasteiger partial charge >= 0.3 is 0 Å². The van der Waals surface area contributed by atoms with Crippen LogP contribution in [0.1, 0.15) is 41.0 Å². The van der Waals surface area contributed by atoms with Gasteiger partial charge in [-0.3, -0.25) is 4.90 Å². The molecule has 0 aromatic carbocycles. The Morgan fingerprint density at radius 2 is 1.93 bits per heavy atom. The summed E-state index contributed by atoms with van der Waals surface area (Å²) in [5.74, 6) is 1.45. The molecule has 3 atom stereocenters. The fourth-order valence-electron chi connectivity index (χ4n) is 3.28. The molecule has 2 nitrogen and oxygen atoms in total. The van der Waals surface area contributed by atoms with Gasteiger partial charge in [-0.2, -0.15) is 0 Å². The highest BCUT2D eigenvalue weighted by Gasteiger charge is 2.65. The zero-order valence-electron chi connectivity index (χ0n) is 10.2. The van der Waals surface area contributed by atoms with Crippen LogP contribution >= 0.6 is 0 Å². The van der Waals surface area contributed by atoms with E-state index in [1.807, 2.05) is 0 Å². The van der Waals surface area contributed by atoms with Gasteiger partial charge in [0.05, 0.1) is 0 Å². The van der Waals surface area contributed by atoms with Gasteiger partial charge in [0.25, 0.3) is 0 Å². The monoisotopic (exact) mass is 196 g/mol. The van der Waals surface area contributed by atoms with E-state index in [0.717, 1.165) is 5.92 Å². The Morgan fingerprint density at radius 1 is 1.36 bits per heavy atom. The Bertz CT molecular complexity index is 241. The second-order valence-corrected chi connectivity index (χ2v) is 6.53. The molecular weight excluding hydrogens is 172 g/mol. The molecular formula is C12H24N2. The van der Waals surface area contributed by atoms with Gasteiger partial charge in [-0.25, -0.2) is 0 Å². The van der Waals surface area contributed by atoms with Crippen LogP contribution in [0.4, 0.5) is 0 Å². The number of rotatable bonds is 1. The van der Waals surface area contributed by atoms with Gasteiger partial charge in [-0.1, -0.05) is 13.8 Å². The van der Waals surface area contributed by atoms with E-state index in [1.165, 1.54) is 13.0 Å². The molecule has 2 fully saturated rings. The normalized spacial score (nSPS) is 43.1. The summed E-state index contributed by atoms with van der Waals surface area (Å²) in [6, 6.07) is 0.590. The first-order valence-electron chi connectivity index (χ1n) is 5.82. The van der Waals surface area contributed by atoms with Crippen molar-refractivity contribution in [3.63, 3.8) is 0 Å². The molecule has 1 heterocycles. The van der Waals surface area contributed by atoms with Crippen LogP contribution in [0.25, 0.3) is 0 Å². The zero-order chi connectivity index (χ0) is 10.7. The third kappa shape index (κ3) is 1.31. The maximum atomic E-state index is 6.44. The van der Waals surface area contributed by atoms with E-state index in [-0.39, 0.29) is 11.1 Å². The third-order valence-corrected chi connectivity index (χ3v) is 4.00. The van der Waals surface area contributed by atoms with Crippen LogP contribution in [0.5, 0.6) is 0 Å². The van der Waals surface area contributed by atoms with Crippen molar-refractivity contribution in [2.24, 2.45) is 17.6 Å². The van der Waals surface area contributed by atoms with Crippen LogP contribution in [0.3, 0.4) is 0 Å². The molecule has 2 aliphatic rings. The molecule has 0 aromatic heterocycles. The first-order valence-corrected chi connectivity index (χ1v) is 5.82. The van der Waals surface area contributed by atoms with Crippen molar-refractivity contribution >= 4 is 0 Å². The van der Waals surface area contributed by atoms with Crippen molar-refractivity contribution in [2.75, 3.05) is 6.54 Å². The lowest BCUT2D eigenvalue weighted by atomic mass is 9.91. The molecule has 2 heteroatoms. The van der Waals surface area contributed by atoms with Crippen LogP contribution in [0.2, 0.25) is 0 Å². The van der Waals surface area contributed by atoms with Gasteiger partial charge in [0, 0.05) is 23.7 Å². The van der Waals surface area contributed by atoms with Gasteiger partial charge in [0.15, 0.2) is 0 Å². The summed E-state index contributed by atoms with van der Waals surface area (Å²) in [4.78, 5) is 2.62. The summed E-state index contributed by atoms with van der Waals surface area (Å²) in [6.45, 7) is 12.7. The van der Waals surface area contributed by atoms with Crippen LogP contribution in [-0.4, -0.2) is 28.6 Å². The van der Waals surface area contributed by atoms with Crippen molar-refractivity contribution in [1.29, 1.82) is 0 Å². The largest absolute Gasteiger partial charge is 0.323 e. The molecule has 1 aliphatic carbocycles. The van der Waals surface area contributed by atoms with Crippen molar-refractivity contribution in [3.05, 3.63) is 0 Å². The standard InChI is InChI=1S/C12H24N2/c1-8(2)10-12(13)6-9(12)7-14(10)11(3,4)5/h8-10H,6-7,13H2,1-5H3/t9?,10?,12-/m1/s1. The molecule has 1 saturated carbocycles. The van der Waals surface area contributed by atoms with Crippen molar-refractivity contribution < 1.29 is 0 Å². The van der Waals surface area contributed by atoms with Gasteiger partial charge < -0.3 is 5.73 Å². The van der Waals surface area contributed by atoms with Crippen molar-refractivity contribution in [2.45, 2.75) is 58.2 Å². The van der Waals surface area contributed by atoms with Gasteiger partial charge in [-0.05, 0) is 39.0 Å². The molecule has 0 aromatic rings. The smallest absolute Gasteiger partial charge is 0.0360 e. The first-order chi connectivity index (χ1) is 6.27. The Hall–Kier alpha value is -0.0800.